The molecule has 0 bridgehead atoms. The molecule has 0 amide bonds. The van der Waals surface area contributed by atoms with Gasteiger partial charge >= 0.3 is 5.97 Å². The highest BCUT2D eigenvalue weighted by Crippen LogP contribution is 2.12. The highest BCUT2D eigenvalue weighted by Gasteiger charge is 2.06. The molecule has 1 aromatic heterocycles. The topological polar surface area (TPSA) is 44.1 Å². The van der Waals surface area contributed by atoms with Crippen molar-refractivity contribution in [3.8, 4) is 0 Å². The average Bonchev–Trinajstić information content (AvgIpc) is 2.57. The lowest BCUT2D eigenvalue weighted by Gasteiger charge is -2.05. The number of esters is 1. The van der Waals surface area contributed by atoms with Crippen LogP contribution in [0.25, 0.3) is 0 Å². The number of aryl methyl sites for hydroxylation is 2. The molecule has 1 heterocycles. The number of hydrogen-bond donors (Lipinski definition) is 0. The van der Waals surface area contributed by atoms with Crippen LogP contribution in [0, 0.1) is 20.8 Å². The van der Waals surface area contributed by atoms with E-state index in [9.17, 15) is 4.79 Å². The first kappa shape index (κ1) is 14.7. The third kappa shape index (κ3) is 4.17. The Morgan fingerprint density at radius 2 is 1.94 bits per heavy atom. The van der Waals surface area contributed by atoms with Gasteiger partial charge in [0.15, 0.2) is 0 Å². The zero-order chi connectivity index (χ0) is 13.5. The fraction of sp³-hybridized carbons (Fsp3) is 0.714. The molecular formula is C14H24N2O2. The Balaban J connectivity index is 2.22. The van der Waals surface area contributed by atoms with Crippen molar-refractivity contribution in [2.75, 3.05) is 6.61 Å². The molecule has 0 fully saturated rings. The first-order chi connectivity index (χ1) is 8.56. The summed E-state index contributed by atoms with van der Waals surface area (Å²) in [7, 11) is 0. The molecule has 0 aliphatic heterocycles. The van der Waals surface area contributed by atoms with Gasteiger partial charge in [0.1, 0.15) is 0 Å². The summed E-state index contributed by atoms with van der Waals surface area (Å²) in [4.78, 5) is 11.1. The SMILES string of the molecule is CCOC(=O)CCCCCn1nc(C)c(C)c1C. The van der Waals surface area contributed by atoms with Gasteiger partial charge in [0.2, 0.25) is 0 Å². The third-order valence-electron chi connectivity index (χ3n) is 3.30. The van der Waals surface area contributed by atoms with E-state index in [0.29, 0.717) is 13.0 Å². The zero-order valence-corrected chi connectivity index (χ0v) is 12.0. The molecule has 0 aliphatic carbocycles. The molecule has 0 radical (unpaired) electrons. The second-order valence-corrected chi connectivity index (χ2v) is 4.63. The van der Waals surface area contributed by atoms with Gasteiger partial charge in [-0.2, -0.15) is 5.10 Å². The average molecular weight is 252 g/mol. The molecule has 4 heteroatoms. The Morgan fingerprint density at radius 3 is 2.50 bits per heavy atom. The molecule has 0 saturated heterocycles. The number of ether oxygens (including phenoxy) is 1. The predicted molar refractivity (Wildman–Crippen MR) is 71.5 cm³/mol. The Labute approximate surface area is 109 Å². The number of hydrogen-bond acceptors (Lipinski definition) is 3. The van der Waals surface area contributed by atoms with E-state index in [1.807, 2.05) is 13.8 Å². The number of rotatable bonds is 7. The number of nitrogens with zero attached hydrogens (tertiary/aromatic N) is 2. The molecule has 4 nitrogen and oxygen atoms in total. The van der Waals surface area contributed by atoms with Crippen LogP contribution in [0.5, 0.6) is 0 Å². The molecule has 102 valence electrons. The van der Waals surface area contributed by atoms with Crippen LogP contribution in [0.3, 0.4) is 0 Å². The van der Waals surface area contributed by atoms with E-state index < -0.39 is 0 Å². The van der Waals surface area contributed by atoms with Crippen LogP contribution in [0.2, 0.25) is 0 Å². The molecule has 0 aromatic carbocycles. The highest BCUT2D eigenvalue weighted by atomic mass is 16.5. The van der Waals surface area contributed by atoms with E-state index in [2.05, 4.69) is 23.6 Å². The summed E-state index contributed by atoms with van der Waals surface area (Å²) < 4.78 is 6.95. The van der Waals surface area contributed by atoms with E-state index in [1.165, 1.54) is 11.3 Å². The van der Waals surface area contributed by atoms with Crippen LogP contribution in [0.1, 0.15) is 49.6 Å². The Morgan fingerprint density at radius 1 is 1.22 bits per heavy atom. The zero-order valence-electron chi connectivity index (χ0n) is 12.0. The van der Waals surface area contributed by atoms with Crippen molar-refractivity contribution in [2.45, 2.75) is 59.9 Å². The first-order valence-electron chi connectivity index (χ1n) is 6.72. The Kier molecular flexibility index (Phi) is 5.89. The van der Waals surface area contributed by atoms with Crippen molar-refractivity contribution in [1.29, 1.82) is 0 Å². The lowest BCUT2D eigenvalue weighted by atomic mass is 10.2. The largest absolute Gasteiger partial charge is 0.466 e. The maximum absolute atomic E-state index is 11.1. The summed E-state index contributed by atoms with van der Waals surface area (Å²) in [6.07, 6.45) is 3.53. The molecule has 0 unspecified atom stereocenters. The van der Waals surface area contributed by atoms with Gasteiger partial charge in [-0.3, -0.25) is 9.48 Å². The van der Waals surface area contributed by atoms with Crippen LogP contribution in [0.4, 0.5) is 0 Å². The molecular weight excluding hydrogens is 228 g/mol. The lowest BCUT2D eigenvalue weighted by Crippen LogP contribution is -2.05. The van der Waals surface area contributed by atoms with Gasteiger partial charge in [0.05, 0.1) is 12.3 Å². The minimum Gasteiger partial charge on any atom is -0.466 e. The molecule has 18 heavy (non-hydrogen) atoms. The van der Waals surface area contributed by atoms with Crippen LogP contribution in [-0.4, -0.2) is 22.4 Å². The smallest absolute Gasteiger partial charge is 0.305 e. The second-order valence-electron chi connectivity index (χ2n) is 4.63. The Hall–Kier alpha value is -1.32. The summed E-state index contributed by atoms with van der Waals surface area (Å²) in [6, 6.07) is 0. The van der Waals surface area contributed by atoms with Gasteiger partial charge in [-0.1, -0.05) is 6.42 Å². The number of carbonyl (C=O) groups is 1. The predicted octanol–water partition coefficient (Wildman–Crippen LogP) is 2.93. The van der Waals surface area contributed by atoms with Gasteiger partial charge < -0.3 is 4.74 Å². The van der Waals surface area contributed by atoms with Crippen molar-refractivity contribution in [1.82, 2.24) is 9.78 Å². The normalized spacial score (nSPS) is 10.7. The van der Waals surface area contributed by atoms with E-state index in [-0.39, 0.29) is 5.97 Å². The van der Waals surface area contributed by atoms with Gasteiger partial charge in [-0.25, -0.2) is 0 Å². The van der Waals surface area contributed by atoms with E-state index in [0.717, 1.165) is 31.5 Å². The minimum absolute atomic E-state index is 0.0838. The molecule has 1 aromatic rings. The first-order valence-corrected chi connectivity index (χ1v) is 6.72. The van der Waals surface area contributed by atoms with Crippen molar-refractivity contribution in [2.24, 2.45) is 0 Å². The second kappa shape index (κ2) is 7.19. The van der Waals surface area contributed by atoms with E-state index >= 15 is 0 Å². The molecule has 0 N–H and O–H groups in total. The monoisotopic (exact) mass is 252 g/mol. The highest BCUT2D eigenvalue weighted by molar-refractivity contribution is 5.69. The van der Waals surface area contributed by atoms with Crippen molar-refractivity contribution < 1.29 is 9.53 Å². The number of aromatic nitrogens is 2. The molecule has 0 atom stereocenters. The van der Waals surface area contributed by atoms with Crippen LogP contribution in [0.15, 0.2) is 0 Å². The molecule has 0 spiro atoms. The quantitative estimate of drug-likeness (QED) is 0.553. The van der Waals surface area contributed by atoms with Crippen molar-refractivity contribution in [3.05, 3.63) is 17.0 Å². The third-order valence-corrected chi connectivity index (χ3v) is 3.30. The fourth-order valence-corrected chi connectivity index (χ4v) is 1.95. The van der Waals surface area contributed by atoms with Crippen LogP contribution in [-0.2, 0) is 16.1 Å². The minimum atomic E-state index is -0.0838. The van der Waals surface area contributed by atoms with Gasteiger partial charge in [0, 0.05) is 18.7 Å². The number of carbonyl (C=O) groups excluding carboxylic acids is 1. The summed E-state index contributed by atoms with van der Waals surface area (Å²) in [5.74, 6) is -0.0838. The van der Waals surface area contributed by atoms with Crippen LogP contribution < -0.4 is 0 Å². The lowest BCUT2D eigenvalue weighted by molar-refractivity contribution is -0.143. The standard InChI is InChI=1S/C14H24N2O2/c1-5-18-14(17)9-7-6-8-10-16-13(4)11(2)12(3)15-16/h5-10H2,1-4H3. The maximum Gasteiger partial charge on any atom is 0.305 e. The molecule has 0 aliphatic rings. The summed E-state index contributed by atoms with van der Waals surface area (Å²) in [6.45, 7) is 9.50. The summed E-state index contributed by atoms with van der Waals surface area (Å²) in [5.41, 5.74) is 3.64. The van der Waals surface area contributed by atoms with Gasteiger partial charge in [-0.15, -0.1) is 0 Å². The summed E-state index contributed by atoms with van der Waals surface area (Å²) in [5, 5.41) is 4.50. The fourth-order valence-electron chi connectivity index (χ4n) is 1.95. The Bertz CT molecular complexity index is 397. The van der Waals surface area contributed by atoms with E-state index in [4.69, 9.17) is 4.74 Å². The van der Waals surface area contributed by atoms with Gasteiger partial charge in [0.25, 0.3) is 0 Å². The molecule has 0 saturated carbocycles. The van der Waals surface area contributed by atoms with Crippen molar-refractivity contribution >= 4 is 5.97 Å². The summed E-state index contributed by atoms with van der Waals surface area (Å²) >= 11 is 0. The van der Waals surface area contributed by atoms with Crippen LogP contribution >= 0.6 is 0 Å². The number of unbranched alkanes of at least 4 members (excludes halogenated alkanes) is 2. The van der Waals surface area contributed by atoms with E-state index in [1.54, 1.807) is 0 Å². The molecule has 1 rings (SSSR count). The van der Waals surface area contributed by atoms with Crippen molar-refractivity contribution in [3.63, 3.8) is 0 Å². The maximum atomic E-state index is 11.1. The van der Waals surface area contributed by atoms with Gasteiger partial charge in [-0.05, 0) is 46.1 Å².